The Morgan fingerprint density at radius 3 is 2.43 bits per heavy atom. The molecule has 0 aliphatic carbocycles. The molecule has 1 rings (SSSR count). The minimum Gasteiger partial charge on any atom is -0.772 e. The fourth-order valence-corrected chi connectivity index (χ4v) is 1.34. The lowest BCUT2D eigenvalue weighted by Gasteiger charge is -2.06. The summed E-state index contributed by atoms with van der Waals surface area (Å²) in [4.78, 5) is 0. The highest BCUT2D eigenvalue weighted by Gasteiger charge is 2.12. The van der Waals surface area contributed by atoms with Crippen LogP contribution < -0.4 is 0 Å². The fraction of sp³-hybridized carbons (Fsp3) is 0.250. The Morgan fingerprint density at radius 1 is 1.21 bits per heavy atom. The predicted octanol–water partition coefficient (Wildman–Crippen LogP) is 1.53. The van der Waals surface area contributed by atoms with E-state index in [1.807, 2.05) is 0 Å². The summed E-state index contributed by atoms with van der Waals surface area (Å²) in [6.45, 7) is 0. The van der Waals surface area contributed by atoms with E-state index in [4.69, 9.17) is 0 Å². The number of halogens is 3. The fourth-order valence-electron chi connectivity index (χ4n) is 0.952. The highest BCUT2D eigenvalue weighted by molar-refractivity contribution is 7.79. The van der Waals surface area contributed by atoms with E-state index in [0.29, 0.717) is 0 Å². The molecule has 0 aliphatic heterocycles. The molecule has 78 valence electrons. The summed E-state index contributed by atoms with van der Waals surface area (Å²) in [7, 11) is 0. The van der Waals surface area contributed by atoms with Crippen LogP contribution in [0.3, 0.4) is 0 Å². The zero-order valence-electron chi connectivity index (χ0n) is 6.93. The van der Waals surface area contributed by atoms with Gasteiger partial charge >= 0.3 is 0 Å². The molecule has 0 saturated carbocycles. The Morgan fingerprint density at radius 2 is 1.86 bits per heavy atom. The highest BCUT2D eigenvalue weighted by Crippen LogP contribution is 2.15. The highest BCUT2D eigenvalue weighted by atomic mass is 32.2. The monoisotopic (exact) mass is 223 g/mol. The molecule has 1 aromatic carbocycles. The standard InChI is InChI=1S/C8H7F3O2S/c9-6-2-1-5(3-4-14(12)13)7(10)8(6)11/h1-2H,3-4H2,(H,12,13)/p-1. The largest absolute Gasteiger partial charge is 0.772 e. The van der Waals surface area contributed by atoms with E-state index >= 15 is 0 Å². The van der Waals surface area contributed by atoms with Crippen LogP contribution in [0.15, 0.2) is 12.1 Å². The normalized spacial score (nSPS) is 12.9. The van der Waals surface area contributed by atoms with Crippen molar-refractivity contribution in [3.8, 4) is 0 Å². The third kappa shape index (κ3) is 2.55. The second kappa shape index (κ2) is 4.56. The van der Waals surface area contributed by atoms with Gasteiger partial charge in [-0.05, 0) is 18.1 Å². The Hall–Kier alpha value is -0.880. The Labute approximate surface area is 81.0 Å². The average molecular weight is 223 g/mol. The maximum atomic E-state index is 12.9. The number of aryl methyl sites for hydroxylation is 1. The van der Waals surface area contributed by atoms with Crippen LogP contribution in [0.4, 0.5) is 13.2 Å². The summed E-state index contributed by atoms with van der Waals surface area (Å²) in [5, 5.41) is 0. The van der Waals surface area contributed by atoms with Crippen LogP contribution in [0.25, 0.3) is 0 Å². The quantitative estimate of drug-likeness (QED) is 0.575. The van der Waals surface area contributed by atoms with Gasteiger partial charge in [-0.2, -0.15) is 0 Å². The lowest BCUT2D eigenvalue weighted by Crippen LogP contribution is -2.04. The molecule has 0 bridgehead atoms. The molecule has 0 heterocycles. The lowest BCUT2D eigenvalue weighted by atomic mass is 10.1. The summed E-state index contributed by atoms with van der Waals surface area (Å²) < 4.78 is 58.2. The van der Waals surface area contributed by atoms with E-state index in [1.54, 1.807) is 0 Å². The predicted molar refractivity (Wildman–Crippen MR) is 43.8 cm³/mol. The van der Waals surface area contributed by atoms with Crippen molar-refractivity contribution in [1.82, 2.24) is 0 Å². The van der Waals surface area contributed by atoms with Gasteiger partial charge in [0.2, 0.25) is 0 Å². The van der Waals surface area contributed by atoms with Crippen molar-refractivity contribution in [2.45, 2.75) is 6.42 Å². The van der Waals surface area contributed by atoms with Gasteiger partial charge < -0.3 is 4.55 Å². The van der Waals surface area contributed by atoms with Crippen molar-refractivity contribution in [3.63, 3.8) is 0 Å². The van der Waals surface area contributed by atoms with E-state index in [1.165, 1.54) is 0 Å². The summed E-state index contributed by atoms with van der Waals surface area (Å²) in [6, 6.07) is 1.79. The summed E-state index contributed by atoms with van der Waals surface area (Å²) >= 11 is -2.32. The van der Waals surface area contributed by atoms with E-state index in [2.05, 4.69) is 0 Å². The first-order chi connectivity index (χ1) is 6.52. The first-order valence-corrected chi connectivity index (χ1v) is 4.95. The second-order valence-electron chi connectivity index (χ2n) is 2.59. The average Bonchev–Trinajstić information content (AvgIpc) is 2.13. The lowest BCUT2D eigenvalue weighted by molar-refractivity contribution is 0.441. The third-order valence-electron chi connectivity index (χ3n) is 1.65. The minimum absolute atomic E-state index is 0.145. The van der Waals surface area contributed by atoms with Gasteiger partial charge in [0.05, 0.1) is 0 Å². The SMILES string of the molecule is O=S([O-])CCc1ccc(F)c(F)c1F. The van der Waals surface area contributed by atoms with Crippen molar-refractivity contribution in [3.05, 3.63) is 35.1 Å². The molecule has 2 nitrogen and oxygen atoms in total. The maximum Gasteiger partial charge on any atom is 0.194 e. The molecule has 1 unspecified atom stereocenters. The molecule has 6 heteroatoms. The number of benzene rings is 1. The zero-order valence-corrected chi connectivity index (χ0v) is 7.74. The van der Waals surface area contributed by atoms with Crippen LogP contribution in [0, 0.1) is 17.5 Å². The molecule has 0 spiro atoms. The van der Waals surface area contributed by atoms with Gasteiger partial charge in [-0.15, -0.1) is 0 Å². The smallest absolute Gasteiger partial charge is 0.194 e. The molecule has 0 aromatic heterocycles. The van der Waals surface area contributed by atoms with Crippen LogP contribution in [-0.2, 0) is 17.5 Å². The molecule has 0 N–H and O–H groups in total. The minimum atomic E-state index is -2.32. The van der Waals surface area contributed by atoms with Crippen molar-refractivity contribution in [2.75, 3.05) is 5.75 Å². The molecule has 1 aromatic rings. The van der Waals surface area contributed by atoms with Gasteiger partial charge in [-0.25, -0.2) is 13.2 Å². The third-order valence-corrected chi connectivity index (χ3v) is 2.19. The van der Waals surface area contributed by atoms with Crippen LogP contribution in [0.1, 0.15) is 5.56 Å². The Bertz CT molecular complexity index is 368. The molecule has 0 amide bonds. The van der Waals surface area contributed by atoms with Crippen LogP contribution in [-0.4, -0.2) is 14.5 Å². The van der Waals surface area contributed by atoms with Gasteiger partial charge in [0, 0.05) is 5.75 Å². The van der Waals surface area contributed by atoms with E-state index in [-0.39, 0.29) is 17.7 Å². The molecule has 14 heavy (non-hydrogen) atoms. The van der Waals surface area contributed by atoms with E-state index in [0.717, 1.165) is 12.1 Å². The van der Waals surface area contributed by atoms with Crippen molar-refractivity contribution in [1.29, 1.82) is 0 Å². The molecule has 1 atom stereocenters. The van der Waals surface area contributed by atoms with Gasteiger partial charge in [0.25, 0.3) is 0 Å². The van der Waals surface area contributed by atoms with Crippen LogP contribution in [0.2, 0.25) is 0 Å². The molecule has 0 radical (unpaired) electrons. The number of hydrogen-bond acceptors (Lipinski definition) is 2. The van der Waals surface area contributed by atoms with E-state index in [9.17, 15) is 21.9 Å². The van der Waals surface area contributed by atoms with Crippen molar-refractivity contribution in [2.24, 2.45) is 0 Å². The molecule has 0 aliphatic rings. The van der Waals surface area contributed by atoms with Gasteiger partial charge in [-0.1, -0.05) is 17.1 Å². The topological polar surface area (TPSA) is 40.1 Å². The Kier molecular flexibility index (Phi) is 3.65. The molecule has 0 fully saturated rings. The number of rotatable bonds is 3. The van der Waals surface area contributed by atoms with Gasteiger partial charge in [-0.3, -0.25) is 4.21 Å². The zero-order chi connectivity index (χ0) is 10.7. The maximum absolute atomic E-state index is 12.9. The van der Waals surface area contributed by atoms with E-state index < -0.39 is 28.5 Å². The molecular weight excluding hydrogens is 217 g/mol. The molecular formula is C8H6F3O2S-. The van der Waals surface area contributed by atoms with Crippen LogP contribution in [0.5, 0.6) is 0 Å². The van der Waals surface area contributed by atoms with Gasteiger partial charge in [0.1, 0.15) is 0 Å². The van der Waals surface area contributed by atoms with Gasteiger partial charge in [0.15, 0.2) is 17.5 Å². The summed E-state index contributed by atoms with van der Waals surface area (Å²) in [5.74, 6) is -4.49. The van der Waals surface area contributed by atoms with Crippen molar-refractivity contribution < 1.29 is 21.9 Å². The first kappa shape index (κ1) is 11.2. The summed E-state index contributed by atoms with van der Waals surface area (Å²) in [6.07, 6.45) is -0.168. The molecule has 0 saturated heterocycles. The second-order valence-corrected chi connectivity index (χ2v) is 3.61. The summed E-state index contributed by atoms with van der Waals surface area (Å²) in [5.41, 5.74) is -0.145. The van der Waals surface area contributed by atoms with Crippen LogP contribution >= 0.6 is 0 Å². The Balaban J connectivity index is 2.88. The first-order valence-electron chi connectivity index (χ1n) is 3.70. The van der Waals surface area contributed by atoms with Crippen molar-refractivity contribution >= 4 is 11.1 Å². The number of hydrogen-bond donors (Lipinski definition) is 0.